The quantitative estimate of drug-likeness (QED) is 0.663. The SMILES string of the molecule is COc1cc(C(=O)CNC(=O)CCc2ccccc2)cc(OC)c1OC.Cl. The molecular weight excluding hydrogens is 370 g/mol. The minimum Gasteiger partial charge on any atom is -0.493 e. The second-order valence-corrected chi connectivity index (χ2v) is 5.60. The Morgan fingerprint density at radius 2 is 1.52 bits per heavy atom. The van der Waals surface area contributed by atoms with E-state index in [0.717, 1.165) is 5.56 Å². The molecule has 2 aromatic carbocycles. The first kappa shape index (κ1) is 22.3. The summed E-state index contributed by atoms with van der Waals surface area (Å²) in [6, 6.07) is 12.9. The summed E-state index contributed by atoms with van der Waals surface area (Å²) in [5, 5.41) is 2.65. The highest BCUT2D eigenvalue weighted by atomic mass is 35.5. The number of aryl methyl sites for hydroxylation is 1. The summed E-state index contributed by atoms with van der Waals surface area (Å²) < 4.78 is 15.7. The Kier molecular flexibility index (Phi) is 9.16. The third-order valence-corrected chi connectivity index (χ3v) is 3.92. The third kappa shape index (κ3) is 6.18. The highest BCUT2D eigenvalue weighted by molar-refractivity contribution is 6.00. The van der Waals surface area contributed by atoms with E-state index in [0.29, 0.717) is 35.7 Å². The van der Waals surface area contributed by atoms with Gasteiger partial charge in [-0.25, -0.2) is 0 Å². The van der Waals surface area contributed by atoms with Crippen LogP contribution in [0.15, 0.2) is 42.5 Å². The number of nitrogens with one attached hydrogen (secondary N) is 1. The van der Waals surface area contributed by atoms with Crippen LogP contribution >= 0.6 is 12.4 Å². The molecule has 146 valence electrons. The summed E-state index contributed by atoms with van der Waals surface area (Å²) in [4.78, 5) is 24.4. The molecule has 0 radical (unpaired) electrons. The molecule has 0 atom stereocenters. The molecule has 0 aliphatic rings. The number of amides is 1. The van der Waals surface area contributed by atoms with Crippen LogP contribution in [-0.2, 0) is 11.2 Å². The van der Waals surface area contributed by atoms with Crippen molar-refractivity contribution in [2.75, 3.05) is 27.9 Å². The van der Waals surface area contributed by atoms with E-state index in [-0.39, 0.29) is 30.6 Å². The largest absolute Gasteiger partial charge is 0.493 e. The number of ether oxygens (including phenoxy) is 3. The standard InChI is InChI=1S/C20H23NO5.ClH/c1-24-17-11-15(12-18(25-2)20(17)26-3)16(22)13-21-19(23)10-9-14-7-5-4-6-8-14;/h4-8,11-12H,9-10,13H2,1-3H3,(H,21,23);1H. The molecule has 1 amide bonds. The van der Waals surface area contributed by atoms with Crippen molar-refractivity contribution >= 4 is 24.1 Å². The Bertz CT molecular complexity index is 739. The van der Waals surface area contributed by atoms with Gasteiger partial charge in [0.2, 0.25) is 11.7 Å². The lowest BCUT2D eigenvalue weighted by molar-refractivity contribution is -0.120. The normalized spacial score (nSPS) is 9.74. The van der Waals surface area contributed by atoms with Gasteiger partial charge in [0.15, 0.2) is 17.3 Å². The van der Waals surface area contributed by atoms with Crippen LogP contribution in [0.2, 0.25) is 0 Å². The third-order valence-electron chi connectivity index (χ3n) is 3.92. The second-order valence-electron chi connectivity index (χ2n) is 5.60. The van der Waals surface area contributed by atoms with Crippen LogP contribution in [0.1, 0.15) is 22.3 Å². The zero-order valence-corrected chi connectivity index (χ0v) is 16.4. The lowest BCUT2D eigenvalue weighted by atomic mass is 10.1. The van der Waals surface area contributed by atoms with Gasteiger partial charge >= 0.3 is 0 Å². The Hall–Kier alpha value is -2.73. The first-order valence-corrected chi connectivity index (χ1v) is 8.22. The van der Waals surface area contributed by atoms with Gasteiger partial charge in [0.25, 0.3) is 0 Å². The number of ketones is 1. The second kappa shape index (κ2) is 11.1. The van der Waals surface area contributed by atoms with E-state index < -0.39 is 0 Å². The fourth-order valence-electron chi connectivity index (χ4n) is 2.51. The molecule has 2 rings (SSSR count). The maximum atomic E-state index is 12.4. The highest BCUT2D eigenvalue weighted by Gasteiger charge is 2.17. The Balaban J connectivity index is 0.00000364. The van der Waals surface area contributed by atoms with Crippen LogP contribution in [0.5, 0.6) is 17.2 Å². The van der Waals surface area contributed by atoms with Gasteiger partial charge in [0.05, 0.1) is 27.9 Å². The molecule has 0 unspecified atom stereocenters. The van der Waals surface area contributed by atoms with Gasteiger partial charge in [-0.3, -0.25) is 9.59 Å². The zero-order chi connectivity index (χ0) is 18.9. The summed E-state index contributed by atoms with van der Waals surface area (Å²) in [7, 11) is 4.46. The number of halogens is 1. The number of hydrogen-bond acceptors (Lipinski definition) is 5. The predicted octanol–water partition coefficient (Wildman–Crippen LogP) is 3.07. The van der Waals surface area contributed by atoms with E-state index in [2.05, 4.69) is 5.32 Å². The van der Waals surface area contributed by atoms with E-state index in [1.54, 1.807) is 12.1 Å². The van der Waals surface area contributed by atoms with Gasteiger partial charge in [0, 0.05) is 12.0 Å². The molecule has 0 fully saturated rings. The monoisotopic (exact) mass is 393 g/mol. The average Bonchev–Trinajstić information content (AvgIpc) is 2.69. The molecule has 1 N–H and O–H groups in total. The summed E-state index contributed by atoms with van der Waals surface area (Å²) in [6.07, 6.45) is 0.956. The smallest absolute Gasteiger partial charge is 0.220 e. The molecule has 2 aromatic rings. The maximum Gasteiger partial charge on any atom is 0.220 e. The van der Waals surface area contributed by atoms with E-state index in [9.17, 15) is 9.59 Å². The van der Waals surface area contributed by atoms with Crippen LogP contribution in [0.25, 0.3) is 0 Å². The molecule has 0 aromatic heterocycles. The lowest BCUT2D eigenvalue weighted by Crippen LogP contribution is -2.29. The van der Waals surface area contributed by atoms with Gasteiger partial charge in [-0.05, 0) is 24.1 Å². The van der Waals surface area contributed by atoms with Crippen LogP contribution in [0.3, 0.4) is 0 Å². The molecule has 0 saturated heterocycles. The predicted molar refractivity (Wildman–Crippen MR) is 105 cm³/mol. The van der Waals surface area contributed by atoms with Crippen molar-refractivity contribution in [2.24, 2.45) is 0 Å². The summed E-state index contributed by atoms with van der Waals surface area (Å²) in [6.45, 7) is -0.0910. The van der Waals surface area contributed by atoms with Crippen LogP contribution in [-0.4, -0.2) is 39.6 Å². The van der Waals surface area contributed by atoms with Crippen LogP contribution < -0.4 is 19.5 Å². The molecule has 7 heteroatoms. The van der Waals surface area contributed by atoms with Crippen molar-refractivity contribution < 1.29 is 23.8 Å². The lowest BCUT2D eigenvalue weighted by Gasteiger charge is -2.14. The van der Waals surface area contributed by atoms with Gasteiger partial charge in [0.1, 0.15) is 0 Å². The fraction of sp³-hybridized carbons (Fsp3) is 0.300. The summed E-state index contributed by atoms with van der Waals surface area (Å²) in [5.74, 6) is 0.793. The van der Waals surface area contributed by atoms with Crippen molar-refractivity contribution in [3.63, 3.8) is 0 Å². The molecule has 0 heterocycles. The Labute approximate surface area is 165 Å². The van der Waals surface area contributed by atoms with E-state index in [4.69, 9.17) is 14.2 Å². The van der Waals surface area contributed by atoms with Crippen molar-refractivity contribution in [3.05, 3.63) is 53.6 Å². The molecule has 0 saturated carbocycles. The van der Waals surface area contributed by atoms with Gasteiger partial charge in [-0.2, -0.15) is 0 Å². The van der Waals surface area contributed by atoms with E-state index >= 15 is 0 Å². The highest BCUT2D eigenvalue weighted by Crippen LogP contribution is 2.38. The topological polar surface area (TPSA) is 73.9 Å². The van der Waals surface area contributed by atoms with Crippen molar-refractivity contribution in [1.82, 2.24) is 5.32 Å². The minimum absolute atomic E-state index is 0. The molecule has 0 aliphatic heterocycles. The van der Waals surface area contributed by atoms with Gasteiger partial charge < -0.3 is 19.5 Å². The van der Waals surface area contributed by atoms with Crippen molar-refractivity contribution in [2.45, 2.75) is 12.8 Å². The molecule has 0 bridgehead atoms. The first-order valence-electron chi connectivity index (χ1n) is 8.22. The zero-order valence-electron chi connectivity index (χ0n) is 15.6. The van der Waals surface area contributed by atoms with Crippen LogP contribution in [0, 0.1) is 0 Å². The average molecular weight is 394 g/mol. The maximum absolute atomic E-state index is 12.4. The summed E-state index contributed by atoms with van der Waals surface area (Å²) >= 11 is 0. The first-order chi connectivity index (χ1) is 12.6. The van der Waals surface area contributed by atoms with Crippen molar-refractivity contribution in [1.29, 1.82) is 0 Å². The number of Topliss-reactive ketones (excluding diaryl/α,β-unsaturated/α-hetero) is 1. The Morgan fingerprint density at radius 1 is 0.926 bits per heavy atom. The van der Waals surface area contributed by atoms with Gasteiger partial charge in [-0.1, -0.05) is 30.3 Å². The van der Waals surface area contributed by atoms with E-state index in [1.165, 1.54) is 21.3 Å². The number of hydrogen-bond donors (Lipinski definition) is 1. The Morgan fingerprint density at radius 3 is 2.04 bits per heavy atom. The molecule has 0 aliphatic carbocycles. The number of rotatable bonds is 9. The van der Waals surface area contributed by atoms with Gasteiger partial charge in [-0.15, -0.1) is 12.4 Å². The van der Waals surface area contributed by atoms with Crippen molar-refractivity contribution in [3.8, 4) is 17.2 Å². The summed E-state index contributed by atoms with van der Waals surface area (Å²) in [5.41, 5.74) is 1.46. The number of carbonyl (C=O) groups is 2. The molecular formula is C20H24ClNO5. The number of carbonyl (C=O) groups excluding carboxylic acids is 2. The van der Waals surface area contributed by atoms with Crippen LogP contribution in [0.4, 0.5) is 0 Å². The van der Waals surface area contributed by atoms with E-state index in [1.807, 2.05) is 30.3 Å². The number of methoxy groups -OCH3 is 3. The molecule has 6 nitrogen and oxygen atoms in total. The molecule has 0 spiro atoms. The minimum atomic E-state index is -0.239. The number of benzene rings is 2. The fourth-order valence-corrected chi connectivity index (χ4v) is 2.51. The molecule has 27 heavy (non-hydrogen) atoms.